The molecule has 14 heavy (non-hydrogen) atoms. The molecule has 1 saturated heterocycles. The Hall–Kier alpha value is -1.10. The van der Waals surface area contributed by atoms with Gasteiger partial charge in [0.25, 0.3) is 0 Å². The van der Waals surface area contributed by atoms with E-state index in [0.717, 1.165) is 0 Å². The molecule has 5 nitrogen and oxygen atoms in total. The topological polar surface area (TPSA) is 75.6 Å². The van der Waals surface area contributed by atoms with E-state index in [4.69, 9.17) is 0 Å². The van der Waals surface area contributed by atoms with Gasteiger partial charge < -0.3 is 15.2 Å². The van der Waals surface area contributed by atoms with Crippen LogP contribution in [0.4, 0.5) is 0 Å². The van der Waals surface area contributed by atoms with Gasteiger partial charge in [0.1, 0.15) is 0 Å². The molecule has 5 heteroatoms. The molecule has 1 heterocycles. The van der Waals surface area contributed by atoms with E-state index in [-0.39, 0.29) is 17.9 Å². The van der Waals surface area contributed by atoms with Crippen molar-refractivity contribution in [2.75, 3.05) is 7.11 Å². The summed E-state index contributed by atoms with van der Waals surface area (Å²) in [5.41, 5.74) is 0. The maximum Gasteiger partial charge on any atom is 0.310 e. The Kier molecular flexibility index (Phi) is 3.10. The van der Waals surface area contributed by atoms with Crippen LogP contribution in [0.5, 0.6) is 0 Å². The first-order valence-electron chi connectivity index (χ1n) is 4.55. The van der Waals surface area contributed by atoms with Crippen LogP contribution in [0.3, 0.4) is 0 Å². The molecule has 1 aliphatic heterocycles. The average molecular weight is 201 g/mol. The molecule has 0 saturated carbocycles. The lowest BCUT2D eigenvalue weighted by Gasteiger charge is -2.40. The molecule has 0 aliphatic carbocycles. The summed E-state index contributed by atoms with van der Waals surface area (Å²) in [5, 5.41) is 11.9. The number of nitrogens with one attached hydrogen (secondary N) is 1. The normalized spacial score (nSPS) is 29.9. The van der Waals surface area contributed by atoms with E-state index < -0.39 is 17.9 Å². The minimum Gasteiger partial charge on any atom is -0.469 e. The predicted octanol–water partition coefficient (Wildman–Crippen LogP) is -0.709. The van der Waals surface area contributed by atoms with E-state index in [1.54, 1.807) is 13.8 Å². The van der Waals surface area contributed by atoms with Gasteiger partial charge in [0.05, 0.1) is 31.1 Å². The summed E-state index contributed by atoms with van der Waals surface area (Å²) in [5.74, 6) is -1.50. The summed E-state index contributed by atoms with van der Waals surface area (Å²) in [6.07, 6.45) is -0.735. The molecule has 80 valence electrons. The van der Waals surface area contributed by atoms with Crippen LogP contribution in [0.15, 0.2) is 0 Å². The zero-order valence-electron chi connectivity index (χ0n) is 8.48. The number of amides is 1. The predicted molar refractivity (Wildman–Crippen MR) is 48.3 cm³/mol. The van der Waals surface area contributed by atoms with Gasteiger partial charge in [-0.05, 0) is 13.8 Å². The molecule has 2 N–H and O–H groups in total. The lowest BCUT2D eigenvalue weighted by molar-refractivity contribution is -0.153. The Morgan fingerprint density at radius 3 is 2.50 bits per heavy atom. The number of aliphatic hydroxyl groups is 1. The number of methoxy groups -OCH3 is 1. The third-order valence-electron chi connectivity index (χ3n) is 2.63. The molecule has 0 bridgehead atoms. The smallest absolute Gasteiger partial charge is 0.310 e. The van der Waals surface area contributed by atoms with Gasteiger partial charge in [0, 0.05) is 0 Å². The quantitative estimate of drug-likeness (QED) is 0.467. The van der Waals surface area contributed by atoms with Crippen molar-refractivity contribution < 1.29 is 19.4 Å². The maximum atomic E-state index is 11.2. The van der Waals surface area contributed by atoms with Gasteiger partial charge in [-0.15, -0.1) is 0 Å². The standard InChI is InChI=1S/C9H15NO4/c1-4(9(13)14-3)7-6(5(2)11)8(12)10-7/h4-7,11H,1-3H3,(H,10,12)/t4-,5+,6+,7-/m1/s1. The third-order valence-corrected chi connectivity index (χ3v) is 2.63. The monoisotopic (exact) mass is 201 g/mol. The number of rotatable bonds is 3. The first-order valence-corrected chi connectivity index (χ1v) is 4.55. The highest BCUT2D eigenvalue weighted by molar-refractivity contribution is 5.88. The van der Waals surface area contributed by atoms with Gasteiger partial charge in [-0.1, -0.05) is 0 Å². The first-order chi connectivity index (χ1) is 6.49. The Balaban J connectivity index is 2.62. The second-order valence-corrected chi connectivity index (χ2v) is 3.61. The third kappa shape index (κ3) is 1.72. The molecule has 0 aromatic rings. The zero-order valence-corrected chi connectivity index (χ0v) is 8.48. The molecule has 0 radical (unpaired) electrons. The highest BCUT2D eigenvalue weighted by Gasteiger charge is 2.47. The van der Waals surface area contributed by atoms with E-state index >= 15 is 0 Å². The molecule has 1 aliphatic rings. The summed E-state index contributed by atoms with van der Waals surface area (Å²) >= 11 is 0. The van der Waals surface area contributed by atoms with Gasteiger partial charge in [-0.3, -0.25) is 9.59 Å². The lowest BCUT2D eigenvalue weighted by atomic mass is 9.79. The van der Waals surface area contributed by atoms with Crippen molar-refractivity contribution >= 4 is 11.9 Å². The number of aliphatic hydroxyl groups excluding tert-OH is 1. The molecule has 1 amide bonds. The number of hydrogen-bond donors (Lipinski definition) is 2. The van der Waals surface area contributed by atoms with Gasteiger partial charge in [0.2, 0.25) is 5.91 Å². The minimum absolute atomic E-state index is 0.208. The lowest BCUT2D eigenvalue weighted by Crippen LogP contribution is -2.65. The van der Waals surface area contributed by atoms with E-state index in [0.29, 0.717) is 0 Å². The molecule has 1 rings (SSSR count). The van der Waals surface area contributed by atoms with E-state index in [1.165, 1.54) is 7.11 Å². The van der Waals surface area contributed by atoms with Crippen molar-refractivity contribution in [3.05, 3.63) is 0 Å². The molecular formula is C9H15NO4. The van der Waals surface area contributed by atoms with E-state index in [2.05, 4.69) is 10.1 Å². The van der Waals surface area contributed by atoms with E-state index in [1.807, 2.05) is 0 Å². The number of ether oxygens (including phenoxy) is 1. The van der Waals surface area contributed by atoms with Crippen LogP contribution in [0.1, 0.15) is 13.8 Å². The minimum atomic E-state index is -0.735. The Morgan fingerprint density at radius 2 is 2.14 bits per heavy atom. The zero-order chi connectivity index (χ0) is 10.9. The molecule has 0 unspecified atom stereocenters. The Morgan fingerprint density at radius 1 is 1.57 bits per heavy atom. The number of esters is 1. The summed E-state index contributed by atoms with van der Waals surface area (Å²) in [7, 11) is 1.30. The molecule has 0 aromatic carbocycles. The fraction of sp³-hybridized carbons (Fsp3) is 0.778. The molecule has 0 spiro atoms. The summed E-state index contributed by atoms with van der Waals surface area (Å²) < 4.78 is 4.56. The molecule has 0 aromatic heterocycles. The Bertz CT molecular complexity index is 251. The highest BCUT2D eigenvalue weighted by Crippen LogP contribution is 2.25. The molecule has 4 atom stereocenters. The van der Waals surface area contributed by atoms with E-state index in [9.17, 15) is 14.7 Å². The average Bonchev–Trinajstić information content (AvgIpc) is 2.10. The second-order valence-electron chi connectivity index (χ2n) is 3.61. The highest BCUT2D eigenvalue weighted by atomic mass is 16.5. The number of carbonyl (C=O) groups excluding carboxylic acids is 2. The van der Waals surface area contributed by atoms with Gasteiger partial charge >= 0.3 is 5.97 Å². The SMILES string of the molecule is COC(=O)[C@H](C)[C@H]1NC(=O)[C@H]1[C@H](C)O. The molecule has 1 fully saturated rings. The van der Waals surface area contributed by atoms with Crippen LogP contribution in [0, 0.1) is 11.8 Å². The van der Waals surface area contributed by atoms with Crippen LogP contribution >= 0.6 is 0 Å². The van der Waals surface area contributed by atoms with Crippen molar-refractivity contribution in [3.8, 4) is 0 Å². The largest absolute Gasteiger partial charge is 0.469 e. The van der Waals surface area contributed by atoms with Crippen LogP contribution in [-0.4, -0.2) is 36.2 Å². The second kappa shape index (κ2) is 3.96. The summed E-state index contributed by atoms with van der Waals surface area (Å²) in [6.45, 7) is 3.21. The number of carbonyl (C=O) groups is 2. The summed E-state index contributed by atoms with van der Waals surface area (Å²) in [6, 6.07) is -0.310. The van der Waals surface area contributed by atoms with Gasteiger partial charge in [0.15, 0.2) is 0 Å². The van der Waals surface area contributed by atoms with Crippen molar-refractivity contribution in [2.45, 2.75) is 26.0 Å². The number of hydrogen-bond acceptors (Lipinski definition) is 4. The van der Waals surface area contributed by atoms with Gasteiger partial charge in [-0.2, -0.15) is 0 Å². The fourth-order valence-corrected chi connectivity index (χ4v) is 1.70. The Labute approximate surface area is 82.4 Å². The fourth-order valence-electron chi connectivity index (χ4n) is 1.70. The van der Waals surface area contributed by atoms with Crippen molar-refractivity contribution in [2.24, 2.45) is 11.8 Å². The van der Waals surface area contributed by atoms with Gasteiger partial charge in [-0.25, -0.2) is 0 Å². The van der Waals surface area contributed by atoms with Crippen molar-refractivity contribution in [1.29, 1.82) is 0 Å². The first kappa shape index (κ1) is 11.0. The summed E-state index contributed by atoms with van der Waals surface area (Å²) in [4.78, 5) is 22.2. The number of β-lactam (4-membered cyclic amide) rings is 1. The van der Waals surface area contributed by atoms with Crippen LogP contribution in [-0.2, 0) is 14.3 Å². The van der Waals surface area contributed by atoms with Crippen LogP contribution in [0.25, 0.3) is 0 Å². The van der Waals surface area contributed by atoms with Crippen LogP contribution < -0.4 is 5.32 Å². The van der Waals surface area contributed by atoms with Crippen molar-refractivity contribution in [3.63, 3.8) is 0 Å². The maximum absolute atomic E-state index is 11.2. The van der Waals surface area contributed by atoms with Crippen LogP contribution in [0.2, 0.25) is 0 Å². The molecular weight excluding hydrogens is 186 g/mol. The van der Waals surface area contributed by atoms with Crippen molar-refractivity contribution in [1.82, 2.24) is 5.32 Å².